The Balaban J connectivity index is 2.00. The van der Waals surface area contributed by atoms with E-state index in [2.05, 4.69) is 4.72 Å². The van der Waals surface area contributed by atoms with Gasteiger partial charge in [-0.1, -0.05) is 6.07 Å². The van der Waals surface area contributed by atoms with Crippen molar-refractivity contribution in [3.8, 4) is 5.75 Å². The monoisotopic (exact) mass is 384 g/mol. The molecule has 0 aliphatic heterocycles. The molecule has 0 heterocycles. The molecule has 0 saturated carbocycles. The summed E-state index contributed by atoms with van der Waals surface area (Å²) in [6.45, 7) is 2.99. The molecule has 0 aliphatic rings. The number of hydrogen-bond donors (Lipinski definition) is 2. The number of carbonyl (C=O) groups excluding carboxylic acids is 1. The van der Waals surface area contributed by atoms with E-state index in [1.165, 1.54) is 24.3 Å². The standard InChI is InChI=1S/C17H18F2N2O4S/c1-11(2)25-12-6-8-13(9-7-12)26(23,24)20-10-16(22)21-17-14(18)4-3-5-15(17)19/h3-9,11,20H,10H2,1-2H3,(H,21,22). The van der Waals surface area contributed by atoms with E-state index in [-0.39, 0.29) is 11.0 Å². The van der Waals surface area contributed by atoms with Gasteiger partial charge in [0.05, 0.1) is 17.5 Å². The van der Waals surface area contributed by atoms with Crippen molar-refractivity contribution in [2.24, 2.45) is 0 Å². The summed E-state index contributed by atoms with van der Waals surface area (Å²) in [6, 6.07) is 8.73. The highest BCUT2D eigenvalue weighted by molar-refractivity contribution is 7.89. The second kappa shape index (κ2) is 8.24. The van der Waals surface area contributed by atoms with Gasteiger partial charge in [-0.3, -0.25) is 4.79 Å². The summed E-state index contributed by atoms with van der Waals surface area (Å²) in [5.41, 5.74) is -0.633. The maximum Gasteiger partial charge on any atom is 0.241 e. The van der Waals surface area contributed by atoms with Crippen molar-refractivity contribution in [3.05, 3.63) is 54.1 Å². The Morgan fingerprint density at radius 1 is 1.08 bits per heavy atom. The first-order chi connectivity index (χ1) is 12.2. The SMILES string of the molecule is CC(C)Oc1ccc(S(=O)(=O)NCC(=O)Nc2c(F)cccc2F)cc1. The average molecular weight is 384 g/mol. The van der Waals surface area contributed by atoms with Crippen LogP contribution in [-0.2, 0) is 14.8 Å². The molecule has 0 unspecified atom stereocenters. The fraction of sp³-hybridized carbons (Fsp3) is 0.235. The van der Waals surface area contributed by atoms with Crippen molar-refractivity contribution in [1.82, 2.24) is 4.72 Å². The van der Waals surface area contributed by atoms with Crippen LogP contribution >= 0.6 is 0 Å². The minimum Gasteiger partial charge on any atom is -0.491 e. The molecule has 9 heteroatoms. The van der Waals surface area contributed by atoms with Crippen LogP contribution in [-0.4, -0.2) is 27.0 Å². The molecule has 0 aliphatic carbocycles. The maximum atomic E-state index is 13.5. The zero-order valence-electron chi connectivity index (χ0n) is 14.1. The second-order valence-electron chi connectivity index (χ2n) is 5.61. The minimum atomic E-state index is -3.97. The Kier molecular flexibility index (Phi) is 6.27. The normalized spacial score (nSPS) is 11.4. The predicted molar refractivity (Wildman–Crippen MR) is 92.4 cm³/mol. The van der Waals surface area contributed by atoms with Crippen LogP contribution < -0.4 is 14.8 Å². The molecule has 1 amide bonds. The summed E-state index contributed by atoms with van der Waals surface area (Å²) in [5.74, 6) is -2.31. The lowest BCUT2D eigenvalue weighted by Crippen LogP contribution is -2.33. The number of nitrogens with one attached hydrogen (secondary N) is 2. The fourth-order valence-corrected chi connectivity index (χ4v) is 3.00. The van der Waals surface area contributed by atoms with E-state index in [1.807, 2.05) is 19.2 Å². The Labute approximate surface area is 150 Å². The molecular formula is C17H18F2N2O4S. The van der Waals surface area contributed by atoms with E-state index in [0.717, 1.165) is 18.2 Å². The van der Waals surface area contributed by atoms with E-state index in [0.29, 0.717) is 5.75 Å². The Hall–Kier alpha value is -2.52. The van der Waals surface area contributed by atoms with Crippen molar-refractivity contribution in [2.75, 3.05) is 11.9 Å². The van der Waals surface area contributed by atoms with Crippen LogP contribution in [0, 0.1) is 11.6 Å². The van der Waals surface area contributed by atoms with Crippen molar-refractivity contribution in [1.29, 1.82) is 0 Å². The Morgan fingerprint density at radius 2 is 1.65 bits per heavy atom. The maximum absolute atomic E-state index is 13.5. The lowest BCUT2D eigenvalue weighted by atomic mass is 10.3. The number of halogens is 2. The molecule has 26 heavy (non-hydrogen) atoms. The molecule has 0 spiro atoms. The summed E-state index contributed by atoms with van der Waals surface area (Å²) in [6.07, 6.45) is -0.0574. The number of benzene rings is 2. The third-order valence-corrected chi connectivity index (χ3v) is 4.57. The predicted octanol–water partition coefficient (Wildman–Crippen LogP) is 2.67. The van der Waals surface area contributed by atoms with Gasteiger partial charge in [0.1, 0.15) is 23.1 Å². The van der Waals surface area contributed by atoms with Crippen LogP contribution in [0.4, 0.5) is 14.5 Å². The highest BCUT2D eigenvalue weighted by Crippen LogP contribution is 2.18. The first kappa shape index (κ1) is 19.8. The zero-order chi connectivity index (χ0) is 19.3. The van der Waals surface area contributed by atoms with E-state index in [9.17, 15) is 22.0 Å². The molecule has 0 atom stereocenters. The van der Waals surface area contributed by atoms with Crippen molar-refractivity contribution >= 4 is 21.6 Å². The molecule has 0 saturated heterocycles. The molecule has 2 N–H and O–H groups in total. The highest BCUT2D eigenvalue weighted by Gasteiger charge is 2.17. The number of rotatable bonds is 7. The summed E-state index contributed by atoms with van der Waals surface area (Å²) in [5, 5.41) is 2.00. The van der Waals surface area contributed by atoms with Gasteiger partial charge in [-0.2, -0.15) is 0 Å². The van der Waals surface area contributed by atoms with Crippen LogP contribution in [0.25, 0.3) is 0 Å². The number of para-hydroxylation sites is 1. The van der Waals surface area contributed by atoms with Gasteiger partial charge in [0.25, 0.3) is 0 Å². The molecule has 140 valence electrons. The highest BCUT2D eigenvalue weighted by atomic mass is 32.2. The Bertz CT molecular complexity index is 864. The van der Waals surface area contributed by atoms with Gasteiger partial charge in [-0.25, -0.2) is 21.9 Å². The summed E-state index contributed by atoms with van der Waals surface area (Å²) < 4.78 is 58.8. The number of hydrogen-bond acceptors (Lipinski definition) is 4. The molecular weight excluding hydrogens is 366 g/mol. The van der Waals surface area contributed by atoms with Gasteiger partial charge in [0.15, 0.2) is 0 Å². The van der Waals surface area contributed by atoms with Gasteiger partial charge in [-0.15, -0.1) is 0 Å². The average Bonchev–Trinajstić information content (AvgIpc) is 2.56. The number of ether oxygens (including phenoxy) is 1. The van der Waals surface area contributed by atoms with E-state index < -0.39 is 39.8 Å². The smallest absolute Gasteiger partial charge is 0.241 e. The fourth-order valence-electron chi connectivity index (χ4n) is 2.01. The van der Waals surface area contributed by atoms with Crippen LogP contribution in [0.1, 0.15) is 13.8 Å². The van der Waals surface area contributed by atoms with Crippen LogP contribution in [0.15, 0.2) is 47.4 Å². The van der Waals surface area contributed by atoms with Crippen LogP contribution in [0.5, 0.6) is 5.75 Å². The molecule has 2 aromatic carbocycles. The van der Waals surface area contributed by atoms with Crippen LogP contribution in [0.3, 0.4) is 0 Å². The Morgan fingerprint density at radius 3 is 2.19 bits per heavy atom. The zero-order valence-corrected chi connectivity index (χ0v) is 14.9. The van der Waals surface area contributed by atoms with Gasteiger partial charge in [0.2, 0.25) is 15.9 Å². The van der Waals surface area contributed by atoms with Gasteiger partial charge >= 0.3 is 0 Å². The first-order valence-electron chi connectivity index (χ1n) is 7.69. The topological polar surface area (TPSA) is 84.5 Å². The largest absolute Gasteiger partial charge is 0.491 e. The summed E-state index contributed by atoms with van der Waals surface area (Å²) in [4.78, 5) is 11.7. The summed E-state index contributed by atoms with van der Waals surface area (Å²) in [7, 11) is -3.97. The first-order valence-corrected chi connectivity index (χ1v) is 9.17. The summed E-state index contributed by atoms with van der Waals surface area (Å²) >= 11 is 0. The molecule has 0 radical (unpaired) electrons. The minimum absolute atomic E-state index is 0.0574. The van der Waals surface area contributed by atoms with Crippen LogP contribution in [0.2, 0.25) is 0 Å². The molecule has 0 bridgehead atoms. The van der Waals surface area contributed by atoms with Gasteiger partial charge in [-0.05, 0) is 50.2 Å². The lowest BCUT2D eigenvalue weighted by molar-refractivity contribution is -0.115. The quantitative estimate of drug-likeness (QED) is 0.769. The molecule has 2 aromatic rings. The molecule has 2 rings (SSSR count). The van der Waals surface area contributed by atoms with Crippen molar-refractivity contribution in [3.63, 3.8) is 0 Å². The molecule has 0 fully saturated rings. The van der Waals surface area contributed by atoms with E-state index in [4.69, 9.17) is 4.74 Å². The van der Waals surface area contributed by atoms with Crippen molar-refractivity contribution in [2.45, 2.75) is 24.8 Å². The van der Waals surface area contributed by atoms with E-state index >= 15 is 0 Å². The van der Waals surface area contributed by atoms with Gasteiger partial charge in [0, 0.05) is 0 Å². The molecule has 6 nitrogen and oxygen atoms in total. The lowest BCUT2D eigenvalue weighted by Gasteiger charge is -2.11. The number of carbonyl (C=O) groups is 1. The van der Waals surface area contributed by atoms with Crippen molar-refractivity contribution < 1.29 is 26.7 Å². The third-order valence-electron chi connectivity index (χ3n) is 3.16. The molecule has 0 aromatic heterocycles. The second-order valence-corrected chi connectivity index (χ2v) is 7.37. The third kappa shape index (κ3) is 5.24. The number of amides is 1. The number of anilines is 1. The van der Waals surface area contributed by atoms with Gasteiger partial charge < -0.3 is 10.1 Å². The number of sulfonamides is 1. The van der Waals surface area contributed by atoms with E-state index in [1.54, 1.807) is 0 Å².